The molecule has 0 spiro atoms. The van der Waals surface area contributed by atoms with Gasteiger partial charge in [-0.1, -0.05) is 43.3 Å². The van der Waals surface area contributed by atoms with Gasteiger partial charge in [-0.2, -0.15) is 9.97 Å². The number of hydrogen-bond acceptors (Lipinski definition) is 9. The molecule has 0 aliphatic carbocycles. The van der Waals surface area contributed by atoms with Gasteiger partial charge < -0.3 is 19.7 Å². The van der Waals surface area contributed by atoms with Crippen LogP contribution in [0.3, 0.4) is 0 Å². The van der Waals surface area contributed by atoms with Gasteiger partial charge in [0.1, 0.15) is 24.5 Å². The van der Waals surface area contributed by atoms with Crippen molar-refractivity contribution in [1.82, 2.24) is 20.1 Å². The number of amides is 1. The fourth-order valence-electron chi connectivity index (χ4n) is 3.41. The molecule has 0 unspecified atom stereocenters. The number of rotatable bonds is 7. The van der Waals surface area contributed by atoms with Gasteiger partial charge >= 0.3 is 6.09 Å². The molecule has 1 saturated heterocycles. The van der Waals surface area contributed by atoms with Gasteiger partial charge in [-0.3, -0.25) is 4.90 Å². The molecule has 2 aromatic heterocycles. The van der Waals surface area contributed by atoms with Crippen molar-refractivity contribution in [2.45, 2.75) is 51.8 Å². The average Bonchev–Trinajstić information content (AvgIpc) is 3.41. The van der Waals surface area contributed by atoms with Crippen molar-refractivity contribution in [1.29, 1.82) is 0 Å². The first-order chi connectivity index (χ1) is 15.3. The summed E-state index contributed by atoms with van der Waals surface area (Å²) < 4.78 is 10.5. The maximum atomic E-state index is 12.1. The van der Waals surface area contributed by atoms with Crippen molar-refractivity contribution in [3.63, 3.8) is 0 Å². The Hall–Kier alpha value is -3.53. The summed E-state index contributed by atoms with van der Waals surface area (Å²) in [6, 6.07) is 8.76. The summed E-state index contributed by atoms with van der Waals surface area (Å²) in [4.78, 5) is 26.5. The Morgan fingerprint density at radius 3 is 2.56 bits per heavy atom. The molecule has 2 N–H and O–H groups in total. The highest BCUT2D eigenvalue weighted by atomic mass is 16.6. The largest absolute Gasteiger partial charge is 0.447 e. The van der Waals surface area contributed by atoms with Crippen molar-refractivity contribution in [2.75, 3.05) is 16.8 Å². The van der Waals surface area contributed by atoms with Crippen LogP contribution in [0.15, 0.2) is 41.1 Å². The molecule has 3 aromatic rings. The van der Waals surface area contributed by atoms with E-state index in [-0.39, 0.29) is 18.6 Å². The Morgan fingerprint density at radius 1 is 1.12 bits per heavy atom. The van der Waals surface area contributed by atoms with Gasteiger partial charge in [-0.05, 0) is 31.4 Å². The average molecular weight is 438 g/mol. The number of carbonyl (C=O) groups excluding carboxylic acids is 1. The zero-order chi connectivity index (χ0) is 22.8. The van der Waals surface area contributed by atoms with E-state index in [1.54, 1.807) is 13.0 Å². The van der Waals surface area contributed by atoms with E-state index in [9.17, 15) is 9.90 Å². The van der Waals surface area contributed by atoms with Gasteiger partial charge in [-0.25, -0.2) is 9.78 Å². The van der Waals surface area contributed by atoms with E-state index in [4.69, 9.17) is 9.26 Å². The number of nitrogens with one attached hydrogen (secondary N) is 1. The van der Waals surface area contributed by atoms with Gasteiger partial charge in [0, 0.05) is 11.8 Å². The maximum Gasteiger partial charge on any atom is 0.416 e. The van der Waals surface area contributed by atoms with Crippen LogP contribution < -0.4 is 10.2 Å². The number of aliphatic hydroxyl groups is 1. The van der Waals surface area contributed by atoms with E-state index < -0.39 is 18.2 Å². The van der Waals surface area contributed by atoms with Gasteiger partial charge in [0.05, 0.1) is 6.10 Å². The van der Waals surface area contributed by atoms with Crippen LogP contribution in [-0.4, -0.2) is 50.1 Å². The molecule has 1 aromatic carbocycles. The quantitative estimate of drug-likeness (QED) is 0.569. The lowest BCUT2D eigenvalue weighted by atomic mass is 10.0. The van der Waals surface area contributed by atoms with Crippen LogP contribution in [0.25, 0.3) is 11.4 Å². The molecular weight excluding hydrogens is 412 g/mol. The van der Waals surface area contributed by atoms with Gasteiger partial charge in [0.15, 0.2) is 0 Å². The third-order valence-corrected chi connectivity index (χ3v) is 5.34. The van der Waals surface area contributed by atoms with Crippen molar-refractivity contribution < 1.29 is 19.2 Å². The molecule has 10 heteroatoms. The Morgan fingerprint density at radius 2 is 1.88 bits per heavy atom. The lowest BCUT2D eigenvalue weighted by molar-refractivity contribution is 0.142. The predicted octanol–water partition coefficient (Wildman–Crippen LogP) is 3.53. The van der Waals surface area contributed by atoms with E-state index in [0.717, 1.165) is 5.56 Å². The molecule has 168 valence electrons. The fraction of sp³-hybridized carbons (Fsp3) is 0.409. The van der Waals surface area contributed by atoms with E-state index in [2.05, 4.69) is 51.4 Å². The van der Waals surface area contributed by atoms with Crippen molar-refractivity contribution in [2.24, 2.45) is 0 Å². The summed E-state index contributed by atoms with van der Waals surface area (Å²) in [5.74, 6) is 1.94. The highest BCUT2D eigenvalue weighted by Crippen LogP contribution is 2.26. The van der Waals surface area contributed by atoms with Crippen LogP contribution in [0.2, 0.25) is 0 Å². The maximum absolute atomic E-state index is 12.1. The summed E-state index contributed by atoms with van der Waals surface area (Å²) in [6.07, 6.45) is 0.203. The summed E-state index contributed by atoms with van der Waals surface area (Å²) in [6.45, 7) is 7.83. The Kier molecular flexibility index (Phi) is 6.04. The summed E-state index contributed by atoms with van der Waals surface area (Å²) >= 11 is 0. The standard InChI is InChI=1S/C22H26N6O4/c1-12(2)15-5-7-16(8-6-15)19-26-20(32-27-19)13(3)24-21-23-10-9-18(25-21)28-17(14(4)29)11-31-22(28)30/h5-10,12-14,17,29H,11H2,1-4H3,(H,23,24,25)/t13-,14+,17+/m0/s1. The molecule has 3 atom stereocenters. The number of cyclic esters (lactones) is 1. The number of ether oxygens (including phenoxy) is 1. The second kappa shape index (κ2) is 8.91. The Labute approximate surface area is 185 Å². The van der Waals surface area contributed by atoms with Crippen LogP contribution in [-0.2, 0) is 4.74 Å². The molecule has 3 heterocycles. The molecule has 32 heavy (non-hydrogen) atoms. The van der Waals surface area contributed by atoms with Gasteiger partial charge in [0.25, 0.3) is 0 Å². The lowest BCUT2D eigenvalue weighted by Gasteiger charge is -2.22. The Balaban J connectivity index is 1.48. The van der Waals surface area contributed by atoms with Gasteiger partial charge in [0.2, 0.25) is 17.7 Å². The number of nitrogens with zero attached hydrogens (tertiary/aromatic N) is 5. The normalized spacial score (nSPS) is 18.0. The van der Waals surface area contributed by atoms with Crippen molar-refractivity contribution in [3.8, 4) is 11.4 Å². The minimum atomic E-state index is -0.766. The highest BCUT2D eigenvalue weighted by Gasteiger charge is 2.38. The summed E-state index contributed by atoms with van der Waals surface area (Å²) in [5.41, 5.74) is 2.11. The minimum absolute atomic E-state index is 0.0998. The van der Waals surface area contributed by atoms with Gasteiger partial charge in [-0.15, -0.1) is 0 Å². The molecule has 4 rings (SSSR count). The summed E-state index contributed by atoms with van der Waals surface area (Å²) in [7, 11) is 0. The number of benzene rings is 1. The lowest BCUT2D eigenvalue weighted by Crippen LogP contribution is -2.41. The minimum Gasteiger partial charge on any atom is -0.447 e. The first-order valence-electron chi connectivity index (χ1n) is 10.5. The smallest absolute Gasteiger partial charge is 0.416 e. The highest BCUT2D eigenvalue weighted by molar-refractivity contribution is 5.89. The van der Waals surface area contributed by atoms with E-state index in [1.807, 2.05) is 19.1 Å². The van der Waals surface area contributed by atoms with E-state index in [0.29, 0.717) is 23.5 Å². The van der Waals surface area contributed by atoms with Crippen LogP contribution in [0, 0.1) is 0 Å². The molecule has 1 aliphatic rings. The molecule has 1 aliphatic heterocycles. The third-order valence-electron chi connectivity index (χ3n) is 5.34. The molecule has 10 nitrogen and oxygen atoms in total. The number of aliphatic hydroxyl groups excluding tert-OH is 1. The number of carbonyl (C=O) groups is 1. The molecule has 0 saturated carbocycles. The van der Waals surface area contributed by atoms with E-state index >= 15 is 0 Å². The molecule has 0 radical (unpaired) electrons. The topological polar surface area (TPSA) is 127 Å². The first-order valence-corrected chi connectivity index (χ1v) is 10.5. The van der Waals surface area contributed by atoms with Crippen LogP contribution in [0.4, 0.5) is 16.6 Å². The van der Waals surface area contributed by atoms with Crippen molar-refractivity contribution >= 4 is 17.9 Å². The monoisotopic (exact) mass is 438 g/mol. The predicted molar refractivity (Wildman–Crippen MR) is 117 cm³/mol. The van der Waals surface area contributed by atoms with Crippen LogP contribution in [0.1, 0.15) is 51.1 Å². The zero-order valence-corrected chi connectivity index (χ0v) is 18.4. The number of hydrogen-bond donors (Lipinski definition) is 2. The third kappa shape index (κ3) is 4.40. The molecule has 1 amide bonds. The molecule has 0 bridgehead atoms. The number of anilines is 2. The number of aromatic nitrogens is 4. The molecular formula is C22H26N6O4. The molecule has 1 fully saturated rings. The summed E-state index contributed by atoms with van der Waals surface area (Å²) in [5, 5.41) is 17.1. The second-order valence-electron chi connectivity index (χ2n) is 8.09. The second-order valence-corrected chi connectivity index (χ2v) is 8.09. The van der Waals surface area contributed by atoms with E-state index in [1.165, 1.54) is 16.7 Å². The van der Waals surface area contributed by atoms with Crippen LogP contribution in [0.5, 0.6) is 0 Å². The van der Waals surface area contributed by atoms with Crippen LogP contribution >= 0.6 is 0 Å². The Bertz CT molecular complexity index is 1080. The zero-order valence-electron chi connectivity index (χ0n) is 18.4. The SMILES string of the molecule is CC(C)c1ccc(-c2noc([C@H](C)Nc3nccc(N4C(=O)OC[C@@H]4[C@@H](C)O)n3)n2)cc1. The fourth-order valence-corrected chi connectivity index (χ4v) is 3.41. The van der Waals surface area contributed by atoms with Crippen molar-refractivity contribution in [3.05, 3.63) is 48.0 Å². The first kappa shape index (κ1) is 21.7.